The monoisotopic (exact) mass is 443 g/mol. The van der Waals surface area contributed by atoms with Crippen molar-refractivity contribution in [2.75, 3.05) is 13.2 Å². The molecule has 0 aliphatic carbocycles. The summed E-state index contributed by atoms with van der Waals surface area (Å²) in [4.78, 5) is 52.7. The summed E-state index contributed by atoms with van der Waals surface area (Å²) in [6.45, 7) is 1.59. The van der Waals surface area contributed by atoms with Gasteiger partial charge in [-0.2, -0.15) is 4.79 Å². The molecule has 0 saturated carbocycles. The molecule has 0 aliphatic rings. The number of nitrogens with zero attached hydrogens (tertiary/aromatic N) is 2. The average molecular weight is 443 g/mol. The average Bonchev–Trinajstić information content (AvgIpc) is 3.15. The van der Waals surface area contributed by atoms with Crippen LogP contribution in [0.25, 0.3) is 16.4 Å². The van der Waals surface area contributed by atoms with Crippen LogP contribution in [-0.2, 0) is 30.3 Å². The number of Topliss-reactive ketones (excluding diaryl/α,β-unsaturated/α-hetero) is 1. The molecule has 0 fully saturated rings. The Morgan fingerprint density at radius 2 is 2.03 bits per heavy atom. The Labute approximate surface area is 183 Å². The molecule has 0 spiro atoms. The van der Waals surface area contributed by atoms with Crippen molar-refractivity contribution in [2.45, 2.75) is 38.3 Å². The van der Waals surface area contributed by atoms with Crippen LogP contribution in [0.2, 0.25) is 0 Å². The number of amides is 2. The number of carbonyl (C=O) groups is 4. The van der Waals surface area contributed by atoms with E-state index in [4.69, 9.17) is 10.3 Å². The van der Waals surface area contributed by atoms with Crippen LogP contribution in [0.5, 0.6) is 0 Å². The Hall–Kier alpha value is -3.82. The van der Waals surface area contributed by atoms with Crippen LogP contribution in [0.15, 0.2) is 30.5 Å². The Bertz CT molecular complexity index is 1030. The fourth-order valence-corrected chi connectivity index (χ4v) is 3.09. The first-order valence-electron chi connectivity index (χ1n) is 9.96. The number of para-hydroxylation sites is 1. The van der Waals surface area contributed by atoms with Crippen LogP contribution in [0.1, 0.15) is 25.3 Å². The zero-order valence-corrected chi connectivity index (χ0v) is 17.5. The summed E-state index contributed by atoms with van der Waals surface area (Å²) in [5, 5.41) is 15.3. The molecular formula is C21H25N5O6. The highest BCUT2D eigenvalue weighted by Gasteiger charge is 2.27. The predicted molar refractivity (Wildman–Crippen MR) is 114 cm³/mol. The van der Waals surface area contributed by atoms with Crippen molar-refractivity contribution >= 4 is 40.7 Å². The summed E-state index contributed by atoms with van der Waals surface area (Å²) >= 11 is 0. The Morgan fingerprint density at radius 1 is 1.28 bits per heavy atom. The highest BCUT2D eigenvalue weighted by molar-refractivity contribution is 6.25. The van der Waals surface area contributed by atoms with Crippen LogP contribution in [0, 0.1) is 0 Å². The molecule has 2 amide bonds. The lowest BCUT2D eigenvalue weighted by Gasteiger charge is -2.21. The summed E-state index contributed by atoms with van der Waals surface area (Å²) in [5.41, 5.74) is 10.1. The molecular weight excluding hydrogens is 418 g/mol. The van der Waals surface area contributed by atoms with Gasteiger partial charge in [0.1, 0.15) is 12.1 Å². The van der Waals surface area contributed by atoms with Crippen LogP contribution in [-0.4, -0.2) is 70.0 Å². The van der Waals surface area contributed by atoms with Crippen molar-refractivity contribution in [3.8, 4) is 0 Å². The molecule has 170 valence electrons. The van der Waals surface area contributed by atoms with Crippen LogP contribution in [0.4, 0.5) is 0 Å². The molecule has 2 atom stereocenters. The molecule has 0 saturated heterocycles. The largest absolute Gasteiger partial charge is 0.480 e. The quantitative estimate of drug-likeness (QED) is 0.151. The van der Waals surface area contributed by atoms with E-state index in [0.29, 0.717) is 6.21 Å². The molecule has 0 radical (unpaired) electrons. The first kappa shape index (κ1) is 24.4. The summed E-state index contributed by atoms with van der Waals surface area (Å²) in [6, 6.07) is 6.18. The number of aromatic amines is 1. The summed E-state index contributed by atoms with van der Waals surface area (Å²) < 4.78 is 5.67. The van der Waals surface area contributed by atoms with Crippen LogP contribution >= 0.6 is 0 Å². The minimum absolute atomic E-state index is 0.0449. The van der Waals surface area contributed by atoms with E-state index >= 15 is 0 Å². The van der Waals surface area contributed by atoms with Gasteiger partial charge in [-0.3, -0.25) is 14.4 Å². The normalized spacial score (nSPS) is 12.4. The van der Waals surface area contributed by atoms with E-state index in [2.05, 4.69) is 20.4 Å². The van der Waals surface area contributed by atoms with Crippen molar-refractivity contribution in [1.82, 2.24) is 15.6 Å². The topological polar surface area (TPSA) is 174 Å². The third-order valence-electron chi connectivity index (χ3n) is 4.66. The molecule has 2 aromatic rings. The van der Waals surface area contributed by atoms with Crippen molar-refractivity contribution in [2.24, 2.45) is 0 Å². The highest BCUT2D eigenvalue weighted by Crippen LogP contribution is 2.20. The molecule has 4 N–H and O–H groups in total. The van der Waals surface area contributed by atoms with E-state index < -0.39 is 29.8 Å². The maximum atomic E-state index is 12.9. The van der Waals surface area contributed by atoms with Gasteiger partial charge in [0.25, 0.3) is 0 Å². The molecule has 32 heavy (non-hydrogen) atoms. The van der Waals surface area contributed by atoms with Gasteiger partial charge in [0.2, 0.25) is 17.6 Å². The lowest BCUT2D eigenvalue weighted by molar-refractivity contribution is -0.144. The van der Waals surface area contributed by atoms with E-state index in [0.717, 1.165) is 16.5 Å². The number of rotatable bonds is 13. The van der Waals surface area contributed by atoms with Gasteiger partial charge in [0.05, 0.1) is 6.61 Å². The van der Waals surface area contributed by atoms with Gasteiger partial charge in [-0.1, -0.05) is 18.2 Å². The smallest absolute Gasteiger partial charge is 0.326 e. The van der Waals surface area contributed by atoms with Gasteiger partial charge < -0.3 is 31.0 Å². The summed E-state index contributed by atoms with van der Waals surface area (Å²) in [7, 11) is 0. The second kappa shape index (κ2) is 12.1. The maximum Gasteiger partial charge on any atom is 0.326 e. The third-order valence-corrected chi connectivity index (χ3v) is 4.66. The highest BCUT2D eigenvalue weighted by atomic mass is 16.5. The fraction of sp³-hybridized carbons (Fsp3) is 0.381. The molecule has 1 aromatic heterocycles. The standard InChI is InChI=1S/C21H25N5O6/c1-13(27)23-8-9-32-19(10-14-11-24-17-5-3-2-4-16(14)17)20(29)26-18(21(30)31)7-6-15(28)12-25-22/h2-5,11-12,18-19,24H,6-10H2,1H3,(H,23,27)(H,26,29)(H,30,31)/t18-,19-/m0/s1. The predicted octanol–water partition coefficient (Wildman–Crippen LogP) is 0.451. The van der Waals surface area contributed by atoms with Gasteiger partial charge in [-0.15, -0.1) is 0 Å². The molecule has 0 unspecified atom stereocenters. The second-order valence-electron chi connectivity index (χ2n) is 7.05. The molecule has 0 aliphatic heterocycles. The van der Waals surface area contributed by atoms with E-state index in [1.807, 2.05) is 24.3 Å². The van der Waals surface area contributed by atoms with Gasteiger partial charge in [-0.25, -0.2) is 4.79 Å². The van der Waals surface area contributed by atoms with E-state index in [1.54, 1.807) is 6.20 Å². The number of hydrogen-bond donors (Lipinski definition) is 4. The molecule has 0 bridgehead atoms. The molecule has 2 rings (SSSR count). The maximum absolute atomic E-state index is 12.9. The molecule has 11 heteroatoms. The van der Waals surface area contributed by atoms with Crippen molar-refractivity contribution < 1.29 is 33.8 Å². The number of nitrogens with one attached hydrogen (secondary N) is 3. The first-order valence-corrected chi connectivity index (χ1v) is 9.96. The Morgan fingerprint density at radius 3 is 2.72 bits per heavy atom. The van der Waals surface area contributed by atoms with E-state index in [9.17, 15) is 24.3 Å². The zero-order chi connectivity index (χ0) is 23.5. The van der Waals surface area contributed by atoms with E-state index in [1.165, 1.54) is 6.92 Å². The minimum atomic E-state index is -1.33. The van der Waals surface area contributed by atoms with Crippen LogP contribution < -0.4 is 10.6 Å². The zero-order valence-electron chi connectivity index (χ0n) is 17.5. The van der Waals surface area contributed by atoms with Crippen molar-refractivity contribution in [3.05, 3.63) is 41.6 Å². The summed E-state index contributed by atoms with van der Waals surface area (Å²) in [6.07, 6.45) is 1.16. The molecule has 1 heterocycles. The van der Waals surface area contributed by atoms with Gasteiger partial charge in [0, 0.05) is 43.4 Å². The number of carbonyl (C=O) groups excluding carboxylic acids is 3. The number of carboxylic acid groups (broad SMARTS) is 1. The Kier molecular flexibility index (Phi) is 9.27. The lowest BCUT2D eigenvalue weighted by Crippen LogP contribution is -2.47. The number of ether oxygens (including phenoxy) is 1. The lowest BCUT2D eigenvalue weighted by atomic mass is 10.0. The van der Waals surface area contributed by atoms with Gasteiger partial charge in [0.15, 0.2) is 0 Å². The van der Waals surface area contributed by atoms with Gasteiger partial charge >= 0.3 is 12.2 Å². The number of H-pyrrole nitrogens is 1. The van der Waals surface area contributed by atoms with E-state index in [-0.39, 0.29) is 38.3 Å². The van der Waals surface area contributed by atoms with Gasteiger partial charge in [-0.05, 0) is 18.1 Å². The van der Waals surface area contributed by atoms with Crippen molar-refractivity contribution in [1.29, 1.82) is 0 Å². The SMILES string of the molecule is CC(=O)NCCO[C@@H](Cc1c[nH]c2ccccc12)C(=O)N[C@@H](CCC(=O)C=[N+]=[N-])C(=O)O. The molecule has 11 nitrogen and oxygen atoms in total. The minimum Gasteiger partial charge on any atom is -0.480 e. The number of ketones is 1. The number of aliphatic carboxylic acids is 1. The van der Waals surface area contributed by atoms with Crippen molar-refractivity contribution in [3.63, 3.8) is 0 Å². The number of carboxylic acids is 1. The number of aromatic nitrogens is 1. The van der Waals surface area contributed by atoms with Crippen LogP contribution in [0.3, 0.4) is 0 Å². The first-order chi connectivity index (χ1) is 15.3. The Balaban J connectivity index is 2.12. The fourth-order valence-electron chi connectivity index (χ4n) is 3.09. The number of fused-ring (bicyclic) bond motifs is 1. The third kappa shape index (κ3) is 7.46. The summed E-state index contributed by atoms with van der Waals surface area (Å²) in [5.74, 6) is -2.78. The second-order valence-corrected chi connectivity index (χ2v) is 7.05. The molecule has 1 aromatic carbocycles. The number of hydrogen-bond acceptors (Lipinski definition) is 5. The number of benzene rings is 1.